The van der Waals surface area contributed by atoms with Crippen LogP contribution >= 0.6 is 0 Å². The number of carbonyl (C=O) groups is 2. The van der Waals surface area contributed by atoms with Crippen molar-refractivity contribution in [1.82, 2.24) is 10.2 Å². The molecule has 1 rings (SSSR count). The average Bonchev–Trinajstić information content (AvgIpc) is 2.89. The van der Waals surface area contributed by atoms with Crippen molar-refractivity contribution in [2.24, 2.45) is 11.8 Å². The highest BCUT2D eigenvalue weighted by molar-refractivity contribution is 5.87. The van der Waals surface area contributed by atoms with Gasteiger partial charge in [0.15, 0.2) is 0 Å². The van der Waals surface area contributed by atoms with E-state index in [0.717, 1.165) is 12.8 Å². The average molecular weight is 279 g/mol. The molecule has 0 heterocycles. The number of nitrogens with one attached hydrogen (secondary N) is 1. The Hall–Kier alpha value is -1.57. The second-order valence-electron chi connectivity index (χ2n) is 5.89. The molecule has 20 heavy (non-hydrogen) atoms. The Bertz CT molecular complexity index is 383. The van der Waals surface area contributed by atoms with E-state index in [2.05, 4.69) is 11.4 Å². The summed E-state index contributed by atoms with van der Waals surface area (Å²) in [6.45, 7) is 3.85. The van der Waals surface area contributed by atoms with E-state index in [1.165, 1.54) is 17.7 Å². The first-order chi connectivity index (χ1) is 9.43. The molecular formula is C15H25N3O2. The third kappa shape index (κ3) is 5.20. The highest BCUT2D eigenvalue weighted by atomic mass is 16.2. The van der Waals surface area contributed by atoms with E-state index in [4.69, 9.17) is 5.26 Å². The number of carbonyl (C=O) groups excluding carboxylic acids is 2. The summed E-state index contributed by atoms with van der Waals surface area (Å²) >= 11 is 0. The summed E-state index contributed by atoms with van der Waals surface area (Å²) in [7, 11) is 1.66. The lowest BCUT2D eigenvalue weighted by Gasteiger charge is -2.23. The van der Waals surface area contributed by atoms with Crippen LogP contribution in [0.2, 0.25) is 0 Å². The monoisotopic (exact) mass is 279 g/mol. The first kappa shape index (κ1) is 16.5. The van der Waals surface area contributed by atoms with Crippen molar-refractivity contribution in [2.45, 2.75) is 52.0 Å². The number of nitriles is 1. The SMILES string of the molecule is CC(C#N)CN(C)C(=O)C(C)NC(=O)CC1CCCC1. The lowest BCUT2D eigenvalue weighted by Crippen LogP contribution is -2.46. The van der Waals surface area contributed by atoms with Gasteiger partial charge in [-0.1, -0.05) is 12.8 Å². The van der Waals surface area contributed by atoms with Gasteiger partial charge in [0.05, 0.1) is 12.0 Å². The Balaban J connectivity index is 2.36. The zero-order valence-corrected chi connectivity index (χ0v) is 12.7. The zero-order valence-electron chi connectivity index (χ0n) is 12.7. The fourth-order valence-corrected chi connectivity index (χ4v) is 2.71. The minimum Gasteiger partial charge on any atom is -0.345 e. The fraction of sp³-hybridized carbons (Fsp3) is 0.800. The molecule has 1 saturated carbocycles. The Morgan fingerprint density at radius 3 is 2.50 bits per heavy atom. The van der Waals surface area contributed by atoms with Gasteiger partial charge in [-0.15, -0.1) is 0 Å². The molecule has 112 valence electrons. The van der Waals surface area contributed by atoms with Crippen molar-refractivity contribution in [3.8, 4) is 6.07 Å². The number of nitrogens with zero attached hydrogens (tertiary/aromatic N) is 2. The highest BCUT2D eigenvalue weighted by Gasteiger charge is 2.23. The summed E-state index contributed by atoms with van der Waals surface area (Å²) in [5.74, 6) is 0.0883. The van der Waals surface area contributed by atoms with Gasteiger partial charge in [0.2, 0.25) is 11.8 Å². The van der Waals surface area contributed by atoms with Crippen LogP contribution in [0.25, 0.3) is 0 Å². The van der Waals surface area contributed by atoms with Crippen molar-refractivity contribution in [1.29, 1.82) is 5.26 Å². The van der Waals surface area contributed by atoms with Crippen LogP contribution in [-0.2, 0) is 9.59 Å². The van der Waals surface area contributed by atoms with E-state index in [1.54, 1.807) is 20.9 Å². The Morgan fingerprint density at radius 1 is 1.35 bits per heavy atom. The fourth-order valence-electron chi connectivity index (χ4n) is 2.71. The van der Waals surface area contributed by atoms with Gasteiger partial charge in [0.1, 0.15) is 6.04 Å². The van der Waals surface area contributed by atoms with Crippen molar-refractivity contribution in [2.75, 3.05) is 13.6 Å². The standard InChI is InChI=1S/C15H25N3O2/c1-11(9-16)10-18(3)15(20)12(2)17-14(19)8-13-6-4-5-7-13/h11-13H,4-8,10H2,1-3H3,(H,17,19). The summed E-state index contributed by atoms with van der Waals surface area (Å²) in [5, 5.41) is 11.5. The maximum absolute atomic E-state index is 12.1. The van der Waals surface area contributed by atoms with E-state index >= 15 is 0 Å². The summed E-state index contributed by atoms with van der Waals surface area (Å²) in [6, 6.07) is 1.57. The summed E-state index contributed by atoms with van der Waals surface area (Å²) in [4.78, 5) is 25.5. The molecule has 2 unspecified atom stereocenters. The molecule has 1 aliphatic carbocycles. The highest BCUT2D eigenvalue weighted by Crippen LogP contribution is 2.27. The largest absolute Gasteiger partial charge is 0.345 e. The molecule has 1 fully saturated rings. The molecule has 0 aromatic carbocycles. The van der Waals surface area contributed by atoms with Crippen LogP contribution in [0.4, 0.5) is 0 Å². The van der Waals surface area contributed by atoms with Crippen LogP contribution in [0, 0.1) is 23.2 Å². The summed E-state index contributed by atoms with van der Waals surface area (Å²) in [5.41, 5.74) is 0. The van der Waals surface area contributed by atoms with Gasteiger partial charge in [-0.25, -0.2) is 0 Å². The van der Waals surface area contributed by atoms with Crippen LogP contribution < -0.4 is 5.32 Å². The van der Waals surface area contributed by atoms with Gasteiger partial charge in [-0.3, -0.25) is 9.59 Å². The number of hydrogen-bond donors (Lipinski definition) is 1. The molecule has 0 spiro atoms. The molecule has 5 heteroatoms. The van der Waals surface area contributed by atoms with Crippen molar-refractivity contribution >= 4 is 11.8 Å². The van der Waals surface area contributed by atoms with Crippen molar-refractivity contribution in [3.05, 3.63) is 0 Å². The lowest BCUT2D eigenvalue weighted by atomic mass is 10.0. The maximum atomic E-state index is 12.1. The number of rotatable bonds is 6. The van der Waals surface area contributed by atoms with Crippen molar-refractivity contribution in [3.63, 3.8) is 0 Å². The molecule has 1 N–H and O–H groups in total. The molecule has 5 nitrogen and oxygen atoms in total. The second kappa shape index (κ2) is 7.88. The Morgan fingerprint density at radius 2 is 1.95 bits per heavy atom. The van der Waals surface area contributed by atoms with Crippen molar-refractivity contribution < 1.29 is 9.59 Å². The second-order valence-corrected chi connectivity index (χ2v) is 5.89. The van der Waals surface area contributed by atoms with Crippen LogP contribution in [0.15, 0.2) is 0 Å². The van der Waals surface area contributed by atoms with Crippen LogP contribution in [0.1, 0.15) is 46.0 Å². The van der Waals surface area contributed by atoms with Crippen LogP contribution in [0.5, 0.6) is 0 Å². The number of amides is 2. The molecule has 1 aliphatic rings. The van der Waals surface area contributed by atoms with Gasteiger partial charge >= 0.3 is 0 Å². The smallest absolute Gasteiger partial charge is 0.244 e. The zero-order chi connectivity index (χ0) is 15.1. The minimum absolute atomic E-state index is 0.0421. The van der Waals surface area contributed by atoms with E-state index in [-0.39, 0.29) is 17.7 Å². The van der Waals surface area contributed by atoms with Gasteiger partial charge in [-0.2, -0.15) is 5.26 Å². The quantitative estimate of drug-likeness (QED) is 0.804. The molecule has 2 atom stereocenters. The normalized spacial score (nSPS) is 18.1. The molecule has 0 bridgehead atoms. The third-order valence-corrected chi connectivity index (χ3v) is 3.84. The van der Waals surface area contributed by atoms with Gasteiger partial charge < -0.3 is 10.2 Å². The van der Waals surface area contributed by atoms with E-state index in [0.29, 0.717) is 18.9 Å². The minimum atomic E-state index is -0.528. The molecular weight excluding hydrogens is 254 g/mol. The first-order valence-corrected chi connectivity index (χ1v) is 7.38. The Labute approximate surface area is 121 Å². The molecule has 0 saturated heterocycles. The molecule has 0 aromatic rings. The maximum Gasteiger partial charge on any atom is 0.244 e. The van der Waals surface area contributed by atoms with E-state index < -0.39 is 6.04 Å². The Kier molecular flexibility index (Phi) is 6.50. The topological polar surface area (TPSA) is 73.2 Å². The molecule has 0 radical (unpaired) electrons. The van der Waals surface area contributed by atoms with Gasteiger partial charge in [0, 0.05) is 20.0 Å². The lowest BCUT2D eigenvalue weighted by molar-refractivity contribution is -0.135. The van der Waals surface area contributed by atoms with Gasteiger partial charge in [-0.05, 0) is 32.6 Å². The summed E-state index contributed by atoms with van der Waals surface area (Å²) < 4.78 is 0. The number of likely N-dealkylation sites (N-methyl/N-ethyl adjacent to an activating group) is 1. The van der Waals surface area contributed by atoms with E-state index in [1.807, 2.05) is 0 Å². The summed E-state index contributed by atoms with van der Waals surface area (Å²) in [6.07, 6.45) is 5.18. The van der Waals surface area contributed by atoms with Crippen LogP contribution in [0.3, 0.4) is 0 Å². The van der Waals surface area contributed by atoms with Gasteiger partial charge in [0.25, 0.3) is 0 Å². The first-order valence-electron chi connectivity index (χ1n) is 7.38. The van der Waals surface area contributed by atoms with Crippen LogP contribution in [-0.4, -0.2) is 36.3 Å². The molecule has 0 aliphatic heterocycles. The molecule has 2 amide bonds. The number of hydrogen-bond acceptors (Lipinski definition) is 3. The predicted molar refractivity (Wildman–Crippen MR) is 76.6 cm³/mol. The predicted octanol–water partition coefficient (Wildman–Crippen LogP) is 1.69. The molecule has 0 aromatic heterocycles. The van der Waals surface area contributed by atoms with E-state index in [9.17, 15) is 9.59 Å². The third-order valence-electron chi connectivity index (χ3n) is 3.84.